The molecule has 3 atom stereocenters. The molecule has 3 heterocycles. The number of hydrogen-bond acceptors (Lipinski definition) is 7. The number of likely N-dealkylation sites (tertiary alicyclic amines) is 2. The number of fused-ring (bicyclic) bond motifs is 1. The van der Waals surface area contributed by atoms with Gasteiger partial charge in [0.2, 0.25) is 24.4 Å². The average Bonchev–Trinajstić information content (AvgIpc) is 3.71. The van der Waals surface area contributed by atoms with Gasteiger partial charge in [-0.05, 0) is 42.7 Å². The summed E-state index contributed by atoms with van der Waals surface area (Å²) < 4.78 is 17.6. The summed E-state index contributed by atoms with van der Waals surface area (Å²) in [5, 5.41) is 10.6. The Morgan fingerprint density at radius 2 is 1.96 bits per heavy atom. The SMILES string of the molecule is CCCCN(C(=O)CN1CC(c2cc(OC)c3c(c2)OCO3)C(C(=O)O)C1CN1CCCC1=O)c1cccc(C[N+](C)(C)C)c1. The van der Waals surface area contributed by atoms with E-state index in [1.807, 2.05) is 34.1 Å². The van der Waals surface area contributed by atoms with Crippen molar-refractivity contribution in [1.29, 1.82) is 0 Å². The third kappa shape index (κ3) is 7.36. The minimum Gasteiger partial charge on any atom is -0.493 e. The van der Waals surface area contributed by atoms with Crippen molar-refractivity contribution in [1.82, 2.24) is 9.80 Å². The molecule has 2 aromatic rings. The Labute approximate surface area is 265 Å². The van der Waals surface area contributed by atoms with E-state index in [4.69, 9.17) is 14.2 Å². The quantitative estimate of drug-likeness (QED) is 0.338. The van der Waals surface area contributed by atoms with Crippen molar-refractivity contribution >= 4 is 23.5 Å². The molecule has 3 aliphatic rings. The topological polar surface area (TPSA) is 109 Å². The number of amides is 2. The summed E-state index contributed by atoms with van der Waals surface area (Å²) in [6, 6.07) is 11.2. The minimum absolute atomic E-state index is 0.0252. The maximum Gasteiger partial charge on any atom is 0.308 e. The van der Waals surface area contributed by atoms with Crippen LogP contribution in [0.5, 0.6) is 17.2 Å². The number of anilines is 1. The zero-order chi connectivity index (χ0) is 32.3. The van der Waals surface area contributed by atoms with Gasteiger partial charge in [0.15, 0.2) is 11.5 Å². The van der Waals surface area contributed by atoms with Gasteiger partial charge < -0.3 is 33.6 Å². The highest BCUT2D eigenvalue weighted by atomic mass is 16.7. The van der Waals surface area contributed by atoms with Crippen LogP contribution in [-0.4, -0.2) is 111 Å². The highest BCUT2D eigenvalue weighted by molar-refractivity contribution is 5.95. The monoisotopic (exact) mass is 623 g/mol. The van der Waals surface area contributed by atoms with Crippen molar-refractivity contribution in [3.05, 3.63) is 47.5 Å². The number of rotatable bonds is 13. The van der Waals surface area contributed by atoms with Crippen LogP contribution in [0.15, 0.2) is 36.4 Å². The van der Waals surface area contributed by atoms with Crippen LogP contribution in [0, 0.1) is 5.92 Å². The van der Waals surface area contributed by atoms with Gasteiger partial charge in [-0.1, -0.05) is 25.5 Å². The number of hydrogen-bond donors (Lipinski definition) is 1. The van der Waals surface area contributed by atoms with Crippen molar-refractivity contribution in [2.45, 2.75) is 51.1 Å². The van der Waals surface area contributed by atoms with Gasteiger partial charge in [-0.2, -0.15) is 0 Å². The van der Waals surface area contributed by atoms with Crippen molar-refractivity contribution in [3.63, 3.8) is 0 Å². The molecule has 0 saturated carbocycles. The molecule has 11 nitrogen and oxygen atoms in total. The number of carbonyl (C=O) groups excluding carboxylic acids is 2. The van der Waals surface area contributed by atoms with Crippen LogP contribution in [0.3, 0.4) is 0 Å². The van der Waals surface area contributed by atoms with Crippen LogP contribution in [0.1, 0.15) is 49.7 Å². The van der Waals surface area contributed by atoms with Crippen LogP contribution >= 0.6 is 0 Å². The van der Waals surface area contributed by atoms with E-state index >= 15 is 0 Å². The fraction of sp³-hybridized carbons (Fsp3) is 0.559. The van der Waals surface area contributed by atoms with Gasteiger partial charge in [-0.3, -0.25) is 19.3 Å². The van der Waals surface area contributed by atoms with Gasteiger partial charge in [-0.25, -0.2) is 0 Å². The Kier molecular flexibility index (Phi) is 9.88. The largest absolute Gasteiger partial charge is 0.493 e. The van der Waals surface area contributed by atoms with E-state index in [9.17, 15) is 19.5 Å². The zero-order valence-electron chi connectivity index (χ0n) is 27.2. The molecular weight excluding hydrogens is 576 g/mol. The van der Waals surface area contributed by atoms with E-state index < -0.39 is 23.8 Å². The predicted octanol–water partition coefficient (Wildman–Crippen LogP) is 3.55. The first-order chi connectivity index (χ1) is 21.5. The number of nitrogens with zero attached hydrogens (tertiary/aromatic N) is 4. The fourth-order valence-electron chi connectivity index (χ4n) is 6.89. The van der Waals surface area contributed by atoms with Gasteiger partial charge in [-0.15, -0.1) is 0 Å². The Morgan fingerprint density at radius 3 is 2.62 bits per heavy atom. The number of quaternary nitrogens is 1. The van der Waals surface area contributed by atoms with Crippen LogP contribution in [-0.2, 0) is 20.9 Å². The molecular formula is C34H47N4O7+. The molecule has 3 unspecified atom stereocenters. The lowest BCUT2D eigenvalue weighted by Gasteiger charge is -2.32. The molecule has 45 heavy (non-hydrogen) atoms. The number of ether oxygens (including phenoxy) is 3. The molecule has 2 aromatic carbocycles. The Morgan fingerprint density at radius 1 is 1.16 bits per heavy atom. The second-order valence-corrected chi connectivity index (χ2v) is 13.4. The predicted molar refractivity (Wildman–Crippen MR) is 170 cm³/mol. The second-order valence-electron chi connectivity index (χ2n) is 13.4. The van der Waals surface area contributed by atoms with E-state index in [1.54, 1.807) is 4.90 Å². The fourth-order valence-corrected chi connectivity index (χ4v) is 6.89. The maximum atomic E-state index is 14.2. The number of aliphatic carboxylic acids is 1. The zero-order valence-corrected chi connectivity index (χ0v) is 27.2. The lowest BCUT2D eigenvalue weighted by molar-refractivity contribution is -0.884. The van der Waals surface area contributed by atoms with Crippen molar-refractivity contribution in [3.8, 4) is 17.2 Å². The summed E-state index contributed by atoms with van der Waals surface area (Å²) in [6.45, 7) is 4.77. The van der Waals surface area contributed by atoms with Gasteiger partial charge in [0.1, 0.15) is 6.54 Å². The molecule has 1 N–H and O–H groups in total. The van der Waals surface area contributed by atoms with Crippen molar-refractivity contribution in [2.24, 2.45) is 5.92 Å². The maximum absolute atomic E-state index is 14.2. The highest BCUT2D eigenvalue weighted by Crippen LogP contribution is 2.47. The van der Waals surface area contributed by atoms with Crippen molar-refractivity contribution in [2.75, 3.05) is 72.7 Å². The summed E-state index contributed by atoms with van der Waals surface area (Å²) in [5.41, 5.74) is 2.73. The van der Waals surface area contributed by atoms with E-state index in [0.717, 1.165) is 47.1 Å². The van der Waals surface area contributed by atoms with Gasteiger partial charge in [0.05, 0.1) is 40.7 Å². The second kappa shape index (κ2) is 13.7. The third-order valence-electron chi connectivity index (χ3n) is 8.97. The number of carboxylic acid groups (broad SMARTS) is 1. The summed E-state index contributed by atoms with van der Waals surface area (Å²) in [6.07, 6.45) is 2.98. The van der Waals surface area contributed by atoms with Gasteiger partial charge in [0, 0.05) is 55.8 Å². The first-order valence-corrected chi connectivity index (χ1v) is 15.9. The molecule has 3 aliphatic heterocycles. The van der Waals surface area contributed by atoms with Gasteiger partial charge in [0.25, 0.3) is 0 Å². The first kappa shape index (κ1) is 32.6. The standard InChI is InChI=1S/C34H46N4O7/c1-6-7-14-37(25-11-8-10-23(15-25)21-38(2,3)4)31(40)20-36-18-26(24-16-28(43-5)33-29(17-24)44-22-45-33)32(34(41)42)27(36)19-35-13-9-12-30(35)39/h8,10-11,15-17,26-27,32H,6-7,9,12-14,18-22H2,1-5H3/p+1. The Balaban J connectivity index is 1.47. The van der Waals surface area contributed by atoms with Crippen LogP contribution in [0.4, 0.5) is 5.69 Å². The van der Waals surface area contributed by atoms with E-state index in [-0.39, 0.29) is 31.7 Å². The smallest absolute Gasteiger partial charge is 0.308 e. The molecule has 0 spiro atoms. The van der Waals surface area contributed by atoms with Gasteiger partial charge >= 0.3 is 5.97 Å². The van der Waals surface area contributed by atoms with Crippen LogP contribution in [0.25, 0.3) is 0 Å². The summed E-state index contributed by atoms with van der Waals surface area (Å²) in [7, 11) is 7.94. The van der Waals surface area contributed by atoms with Crippen molar-refractivity contribution < 1.29 is 38.2 Å². The Bertz CT molecular complexity index is 1410. The van der Waals surface area contributed by atoms with Crippen LogP contribution < -0.4 is 19.1 Å². The van der Waals surface area contributed by atoms with E-state index in [0.29, 0.717) is 43.3 Å². The molecule has 2 saturated heterocycles. The summed E-state index contributed by atoms with van der Waals surface area (Å²) in [4.78, 5) is 45.5. The molecule has 0 aliphatic carbocycles. The number of unbranched alkanes of at least 4 members (excludes halogenated alkanes) is 1. The Hall–Kier alpha value is -3.83. The molecule has 11 heteroatoms. The molecule has 2 fully saturated rings. The summed E-state index contributed by atoms with van der Waals surface area (Å²) >= 11 is 0. The number of carbonyl (C=O) groups is 3. The molecule has 2 amide bonds. The third-order valence-corrected chi connectivity index (χ3v) is 8.97. The average molecular weight is 624 g/mol. The number of carboxylic acids is 1. The lowest BCUT2D eigenvalue weighted by atomic mass is 9.84. The van der Waals surface area contributed by atoms with Crippen LogP contribution in [0.2, 0.25) is 0 Å². The summed E-state index contributed by atoms with van der Waals surface area (Å²) in [5.74, 6) is -0.853. The lowest BCUT2D eigenvalue weighted by Crippen LogP contribution is -2.49. The molecule has 0 aromatic heterocycles. The minimum atomic E-state index is -0.959. The highest BCUT2D eigenvalue weighted by Gasteiger charge is 2.49. The molecule has 0 radical (unpaired) electrons. The number of benzene rings is 2. The van der Waals surface area contributed by atoms with E-state index in [2.05, 4.69) is 40.2 Å². The molecule has 5 rings (SSSR count). The van der Waals surface area contributed by atoms with E-state index in [1.165, 1.54) is 7.11 Å². The number of methoxy groups -OCH3 is 1. The first-order valence-electron chi connectivity index (χ1n) is 15.9. The molecule has 0 bridgehead atoms. The normalized spacial score (nSPS) is 21.4. The molecule has 244 valence electrons.